The molecule has 0 fully saturated rings. The zero-order valence-electron chi connectivity index (χ0n) is 20.3. The van der Waals surface area contributed by atoms with Crippen LogP contribution >= 0.6 is 0 Å². The predicted octanol–water partition coefficient (Wildman–Crippen LogP) is 6.15. The standard InChI is InChI=1S/C30H34O4/c1-3-5-7-9-23-33-27-17-11-25(12-18-27)15-21-29(31)30(32)22-16-26-13-19-28(20-14-26)34-24-10-8-6-4-2/h11-14,17-20H,3-10,23-24H2,1-2H3. The maximum Gasteiger partial charge on any atom is 0.285 e. The fraction of sp³-hybridized carbons (Fsp3) is 0.400. The van der Waals surface area contributed by atoms with Gasteiger partial charge in [-0.15, -0.1) is 0 Å². The minimum atomic E-state index is -0.823. The second kappa shape index (κ2) is 16.2. The van der Waals surface area contributed by atoms with Gasteiger partial charge in [0.15, 0.2) is 0 Å². The van der Waals surface area contributed by atoms with Crippen LogP contribution in [0.25, 0.3) is 0 Å². The maximum absolute atomic E-state index is 12.0. The zero-order valence-corrected chi connectivity index (χ0v) is 20.3. The van der Waals surface area contributed by atoms with Crippen molar-refractivity contribution in [2.45, 2.75) is 65.2 Å². The van der Waals surface area contributed by atoms with E-state index in [1.807, 2.05) is 24.3 Å². The molecule has 0 unspecified atom stereocenters. The number of ether oxygens (including phenoxy) is 2. The van der Waals surface area contributed by atoms with Crippen molar-refractivity contribution in [3.8, 4) is 35.2 Å². The second-order valence-corrected chi connectivity index (χ2v) is 8.03. The molecular weight excluding hydrogens is 424 g/mol. The van der Waals surface area contributed by atoms with Crippen LogP contribution < -0.4 is 9.47 Å². The van der Waals surface area contributed by atoms with Crippen LogP contribution in [0.3, 0.4) is 0 Å². The van der Waals surface area contributed by atoms with Gasteiger partial charge in [-0.05, 0) is 73.2 Å². The quantitative estimate of drug-likeness (QED) is 0.205. The maximum atomic E-state index is 12.0. The van der Waals surface area contributed by atoms with Crippen molar-refractivity contribution in [3.63, 3.8) is 0 Å². The van der Waals surface area contributed by atoms with Crippen LogP contribution in [-0.2, 0) is 9.59 Å². The minimum Gasteiger partial charge on any atom is -0.494 e. The molecule has 0 aliphatic carbocycles. The monoisotopic (exact) mass is 458 g/mol. The third-order valence-electron chi connectivity index (χ3n) is 5.09. The molecule has 0 spiro atoms. The molecule has 2 rings (SSSR count). The molecule has 178 valence electrons. The average Bonchev–Trinajstić information content (AvgIpc) is 2.87. The summed E-state index contributed by atoms with van der Waals surface area (Å²) in [5.41, 5.74) is 1.27. The van der Waals surface area contributed by atoms with Crippen LogP contribution in [0.5, 0.6) is 11.5 Å². The highest BCUT2D eigenvalue weighted by Gasteiger charge is 2.07. The zero-order chi connectivity index (χ0) is 24.4. The van der Waals surface area contributed by atoms with Gasteiger partial charge in [0.1, 0.15) is 11.5 Å². The van der Waals surface area contributed by atoms with E-state index in [2.05, 4.69) is 37.5 Å². The lowest BCUT2D eigenvalue weighted by Crippen LogP contribution is -2.08. The third-order valence-corrected chi connectivity index (χ3v) is 5.09. The van der Waals surface area contributed by atoms with Gasteiger partial charge in [-0.2, -0.15) is 0 Å². The molecule has 2 aromatic carbocycles. The van der Waals surface area contributed by atoms with Crippen LogP contribution in [0, 0.1) is 23.7 Å². The lowest BCUT2D eigenvalue weighted by Gasteiger charge is -2.05. The van der Waals surface area contributed by atoms with E-state index in [4.69, 9.17) is 9.47 Å². The number of rotatable bonds is 13. The van der Waals surface area contributed by atoms with E-state index in [0.29, 0.717) is 24.3 Å². The van der Waals surface area contributed by atoms with Crippen LogP contribution in [0.15, 0.2) is 48.5 Å². The van der Waals surface area contributed by atoms with Crippen molar-refractivity contribution in [3.05, 3.63) is 59.7 Å². The normalized spacial score (nSPS) is 9.82. The van der Waals surface area contributed by atoms with E-state index in [-0.39, 0.29) is 0 Å². The number of Topliss-reactive ketones (excluding diaryl/α,β-unsaturated/α-hetero) is 2. The van der Waals surface area contributed by atoms with Gasteiger partial charge in [-0.3, -0.25) is 9.59 Å². The lowest BCUT2D eigenvalue weighted by molar-refractivity contribution is -0.129. The highest BCUT2D eigenvalue weighted by molar-refractivity contribution is 6.49. The Morgan fingerprint density at radius 1 is 0.588 bits per heavy atom. The highest BCUT2D eigenvalue weighted by Crippen LogP contribution is 2.13. The van der Waals surface area contributed by atoms with Gasteiger partial charge in [0.2, 0.25) is 0 Å². The number of carbonyl (C=O) groups is 2. The first-order chi connectivity index (χ1) is 16.6. The minimum absolute atomic E-state index is 0.637. The molecule has 0 heterocycles. The molecule has 0 atom stereocenters. The van der Waals surface area contributed by atoms with E-state index in [9.17, 15) is 9.59 Å². The summed E-state index contributed by atoms with van der Waals surface area (Å²) in [5.74, 6) is 10.0. The number of unbranched alkanes of at least 4 members (excludes halogenated alkanes) is 6. The Balaban J connectivity index is 1.80. The second-order valence-electron chi connectivity index (χ2n) is 8.03. The van der Waals surface area contributed by atoms with Gasteiger partial charge in [-0.1, -0.05) is 64.2 Å². The van der Waals surface area contributed by atoms with Gasteiger partial charge < -0.3 is 9.47 Å². The summed E-state index contributed by atoms with van der Waals surface area (Å²) < 4.78 is 11.4. The van der Waals surface area contributed by atoms with Crippen molar-refractivity contribution in [1.29, 1.82) is 0 Å². The van der Waals surface area contributed by atoms with Crippen LogP contribution in [-0.4, -0.2) is 24.8 Å². The van der Waals surface area contributed by atoms with Crippen molar-refractivity contribution < 1.29 is 19.1 Å². The summed E-state index contributed by atoms with van der Waals surface area (Å²) >= 11 is 0. The summed E-state index contributed by atoms with van der Waals surface area (Å²) in [4.78, 5) is 24.0. The molecule has 0 N–H and O–H groups in total. The topological polar surface area (TPSA) is 52.6 Å². The molecule has 0 saturated carbocycles. The molecule has 4 nitrogen and oxygen atoms in total. The summed E-state index contributed by atoms with van der Waals surface area (Å²) in [6, 6.07) is 14.3. The highest BCUT2D eigenvalue weighted by atomic mass is 16.5. The molecule has 0 aliphatic rings. The van der Waals surface area contributed by atoms with Crippen LogP contribution in [0.2, 0.25) is 0 Å². The Kier molecular flexibility index (Phi) is 12.7. The molecule has 0 radical (unpaired) electrons. The van der Waals surface area contributed by atoms with Crippen molar-refractivity contribution in [2.75, 3.05) is 13.2 Å². The molecular formula is C30H34O4. The summed E-state index contributed by atoms with van der Waals surface area (Å²) in [6.07, 6.45) is 9.22. The van der Waals surface area contributed by atoms with Gasteiger partial charge in [-0.25, -0.2) is 0 Å². The number of hydrogen-bond acceptors (Lipinski definition) is 4. The first-order valence-electron chi connectivity index (χ1n) is 12.2. The SMILES string of the molecule is CCCCCCOc1ccc(C#CC(=O)C(=O)C#Cc2ccc(OCCCCCC)cc2)cc1. The molecule has 0 aliphatic heterocycles. The molecule has 4 heteroatoms. The van der Waals surface area contributed by atoms with Gasteiger partial charge in [0, 0.05) is 11.1 Å². The Morgan fingerprint density at radius 3 is 1.32 bits per heavy atom. The van der Waals surface area contributed by atoms with E-state index < -0.39 is 11.6 Å². The fourth-order valence-corrected chi connectivity index (χ4v) is 3.08. The number of ketones is 2. The average molecular weight is 459 g/mol. The number of benzene rings is 2. The predicted molar refractivity (Wildman–Crippen MR) is 136 cm³/mol. The summed E-state index contributed by atoms with van der Waals surface area (Å²) in [5, 5.41) is 0. The van der Waals surface area contributed by atoms with Crippen LogP contribution in [0.1, 0.15) is 76.3 Å². The first-order valence-corrected chi connectivity index (χ1v) is 12.2. The van der Waals surface area contributed by atoms with Crippen molar-refractivity contribution in [1.82, 2.24) is 0 Å². The largest absolute Gasteiger partial charge is 0.494 e. The third kappa shape index (κ3) is 10.9. The van der Waals surface area contributed by atoms with Crippen molar-refractivity contribution >= 4 is 11.6 Å². The van der Waals surface area contributed by atoms with Crippen molar-refractivity contribution in [2.24, 2.45) is 0 Å². The van der Waals surface area contributed by atoms with E-state index >= 15 is 0 Å². The van der Waals surface area contributed by atoms with E-state index in [1.54, 1.807) is 24.3 Å². The Hall–Kier alpha value is -3.50. The Labute approximate surface area is 204 Å². The molecule has 0 saturated heterocycles. The van der Waals surface area contributed by atoms with Crippen LogP contribution in [0.4, 0.5) is 0 Å². The Bertz CT molecular complexity index is 926. The molecule has 0 aromatic heterocycles. The summed E-state index contributed by atoms with van der Waals surface area (Å²) in [7, 11) is 0. The fourth-order valence-electron chi connectivity index (χ4n) is 3.08. The summed E-state index contributed by atoms with van der Waals surface area (Å²) in [6.45, 7) is 5.73. The van der Waals surface area contributed by atoms with Gasteiger partial charge >= 0.3 is 0 Å². The molecule has 34 heavy (non-hydrogen) atoms. The van der Waals surface area contributed by atoms with Gasteiger partial charge in [0.25, 0.3) is 11.6 Å². The lowest BCUT2D eigenvalue weighted by atomic mass is 10.1. The van der Waals surface area contributed by atoms with E-state index in [0.717, 1.165) is 37.2 Å². The van der Waals surface area contributed by atoms with E-state index in [1.165, 1.54) is 25.7 Å². The first kappa shape index (κ1) is 26.7. The molecule has 0 bridgehead atoms. The molecule has 0 amide bonds. The Morgan fingerprint density at radius 2 is 0.971 bits per heavy atom. The number of hydrogen-bond donors (Lipinski definition) is 0. The van der Waals surface area contributed by atoms with Gasteiger partial charge in [0.05, 0.1) is 13.2 Å². The number of carbonyl (C=O) groups excluding carboxylic acids is 2. The smallest absolute Gasteiger partial charge is 0.285 e. The molecule has 2 aromatic rings.